The van der Waals surface area contributed by atoms with E-state index in [4.69, 9.17) is 0 Å². The summed E-state index contributed by atoms with van der Waals surface area (Å²) in [7, 11) is -3.21. The highest BCUT2D eigenvalue weighted by Crippen LogP contribution is 2.16. The first-order chi connectivity index (χ1) is 10.4. The van der Waals surface area contributed by atoms with Gasteiger partial charge in [-0.15, -0.1) is 0 Å². The number of carbonyl (C=O) groups excluding carboxylic acids is 1. The van der Waals surface area contributed by atoms with Gasteiger partial charge in [-0.05, 0) is 42.3 Å². The molecular weight excluding hydrogens is 298 g/mol. The van der Waals surface area contributed by atoms with Gasteiger partial charge in [-0.1, -0.05) is 31.2 Å². The lowest BCUT2D eigenvalue weighted by Gasteiger charge is -2.08. The SMILES string of the molecule is CCS(=O)(=O)c1ccc(NC(=O)Cc2ccccc2C)cc1. The Kier molecular flexibility index (Phi) is 4.98. The Morgan fingerprint density at radius 3 is 2.27 bits per heavy atom. The van der Waals surface area contributed by atoms with Gasteiger partial charge in [0, 0.05) is 5.69 Å². The number of nitrogens with one attached hydrogen (secondary N) is 1. The molecule has 1 amide bonds. The van der Waals surface area contributed by atoms with Crippen LogP contribution in [0.25, 0.3) is 0 Å². The van der Waals surface area contributed by atoms with Gasteiger partial charge >= 0.3 is 0 Å². The Morgan fingerprint density at radius 2 is 1.68 bits per heavy atom. The molecule has 1 N–H and O–H groups in total. The van der Waals surface area contributed by atoms with Crippen LogP contribution in [0.5, 0.6) is 0 Å². The van der Waals surface area contributed by atoms with Crippen LogP contribution in [0.4, 0.5) is 5.69 Å². The van der Waals surface area contributed by atoms with E-state index in [0.29, 0.717) is 12.1 Å². The first-order valence-electron chi connectivity index (χ1n) is 7.09. The zero-order chi connectivity index (χ0) is 16.2. The molecule has 0 aromatic heterocycles. The van der Waals surface area contributed by atoms with E-state index in [1.807, 2.05) is 31.2 Å². The largest absolute Gasteiger partial charge is 0.326 e. The molecule has 0 heterocycles. The van der Waals surface area contributed by atoms with Gasteiger partial charge in [0.05, 0.1) is 17.1 Å². The number of sulfone groups is 1. The van der Waals surface area contributed by atoms with Crippen LogP contribution in [0.3, 0.4) is 0 Å². The molecule has 0 bridgehead atoms. The number of benzene rings is 2. The van der Waals surface area contributed by atoms with Gasteiger partial charge in [0.2, 0.25) is 5.91 Å². The van der Waals surface area contributed by atoms with Crippen LogP contribution in [0.2, 0.25) is 0 Å². The Balaban J connectivity index is 2.05. The molecule has 0 saturated carbocycles. The quantitative estimate of drug-likeness (QED) is 0.922. The average Bonchev–Trinajstić information content (AvgIpc) is 2.50. The van der Waals surface area contributed by atoms with Crippen molar-refractivity contribution in [1.82, 2.24) is 0 Å². The number of amides is 1. The summed E-state index contributed by atoms with van der Waals surface area (Å²) in [6, 6.07) is 14.0. The summed E-state index contributed by atoms with van der Waals surface area (Å²) in [5.41, 5.74) is 2.64. The van der Waals surface area contributed by atoms with Crippen LogP contribution in [0.15, 0.2) is 53.4 Å². The fraction of sp³-hybridized carbons (Fsp3) is 0.235. The molecule has 0 fully saturated rings. The minimum Gasteiger partial charge on any atom is -0.326 e. The minimum absolute atomic E-state index is 0.0615. The first-order valence-corrected chi connectivity index (χ1v) is 8.75. The summed E-state index contributed by atoms with van der Waals surface area (Å²) in [6.45, 7) is 3.57. The maximum absolute atomic E-state index is 12.0. The van der Waals surface area contributed by atoms with Crippen molar-refractivity contribution in [2.75, 3.05) is 11.1 Å². The predicted molar refractivity (Wildman–Crippen MR) is 87.7 cm³/mol. The predicted octanol–water partition coefficient (Wildman–Crippen LogP) is 2.97. The van der Waals surface area contributed by atoms with Crippen molar-refractivity contribution in [2.45, 2.75) is 25.2 Å². The second-order valence-corrected chi connectivity index (χ2v) is 7.36. The second kappa shape index (κ2) is 6.75. The van der Waals surface area contributed by atoms with Gasteiger partial charge in [0.15, 0.2) is 9.84 Å². The van der Waals surface area contributed by atoms with E-state index >= 15 is 0 Å². The van der Waals surface area contributed by atoms with Gasteiger partial charge in [-0.2, -0.15) is 0 Å². The molecule has 0 radical (unpaired) electrons. The van der Waals surface area contributed by atoms with Crippen molar-refractivity contribution in [1.29, 1.82) is 0 Å². The molecule has 2 aromatic rings. The number of aryl methyl sites for hydroxylation is 1. The molecule has 22 heavy (non-hydrogen) atoms. The van der Waals surface area contributed by atoms with Crippen LogP contribution < -0.4 is 5.32 Å². The monoisotopic (exact) mass is 317 g/mol. The average molecular weight is 317 g/mol. The first kappa shape index (κ1) is 16.2. The highest BCUT2D eigenvalue weighted by molar-refractivity contribution is 7.91. The maximum Gasteiger partial charge on any atom is 0.228 e. The molecule has 0 atom stereocenters. The third-order valence-electron chi connectivity index (χ3n) is 3.49. The van der Waals surface area contributed by atoms with E-state index in [1.54, 1.807) is 19.1 Å². The number of carbonyl (C=O) groups is 1. The lowest BCUT2D eigenvalue weighted by molar-refractivity contribution is -0.115. The molecule has 0 aliphatic rings. The molecule has 0 aliphatic carbocycles. The summed E-state index contributed by atoms with van der Waals surface area (Å²) in [5.74, 6) is -0.0631. The Bertz CT molecular complexity index is 765. The lowest BCUT2D eigenvalue weighted by Crippen LogP contribution is -2.15. The highest BCUT2D eigenvalue weighted by atomic mass is 32.2. The molecule has 0 spiro atoms. The molecule has 0 aliphatic heterocycles. The molecule has 5 heteroatoms. The normalized spacial score (nSPS) is 11.2. The van der Waals surface area contributed by atoms with Crippen molar-refractivity contribution < 1.29 is 13.2 Å². The van der Waals surface area contributed by atoms with Gasteiger partial charge in [-0.3, -0.25) is 4.79 Å². The smallest absolute Gasteiger partial charge is 0.228 e. The van der Waals surface area contributed by atoms with E-state index in [0.717, 1.165) is 11.1 Å². The zero-order valence-electron chi connectivity index (χ0n) is 12.7. The number of hydrogen-bond donors (Lipinski definition) is 1. The number of hydrogen-bond acceptors (Lipinski definition) is 3. The van der Waals surface area contributed by atoms with Crippen LogP contribution >= 0.6 is 0 Å². The van der Waals surface area contributed by atoms with Crippen LogP contribution in [0.1, 0.15) is 18.1 Å². The summed E-state index contributed by atoms with van der Waals surface area (Å²) in [6.07, 6.45) is 0.293. The number of anilines is 1. The summed E-state index contributed by atoms with van der Waals surface area (Å²) >= 11 is 0. The number of rotatable bonds is 5. The topological polar surface area (TPSA) is 63.2 Å². The van der Waals surface area contributed by atoms with Gasteiger partial charge in [0.25, 0.3) is 0 Å². The molecular formula is C17H19NO3S. The molecule has 0 unspecified atom stereocenters. The summed E-state index contributed by atoms with van der Waals surface area (Å²) < 4.78 is 23.5. The maximum atomic E-state index is 12.0. The van der Waals surface area contributed by atoms with Crippen LogP contribution in [-0.2, 0) is 21.1 Å². The van der Waals surface area contributed by atoms with Crippen molar-refractivity contribution in [3.8, 4) is 0 Å². The van der Waals surface area contributed by atoms with Gasteiger partial charge in [-0.25, -0.2) is 8.42 Å². The van der Waals surface area contributed by atoms with E-state index in [2.05, 4.69) is 5.32 Å². The lowest BCUT2D eigenvalue weighted by atomic mass is 10.1. The van der Waals surface area contributed by atoms with Crippen molar-refractivity contribution in [2.24, 2.45) is 0 Å². The van der Waals surface area contributed by atoms with E-state index in [1.165, 1.54) is 12.1 Å². The molecule has 2 aromatic carbocycles. The van der Waals surface area contributed by atoms with E-state index < -0.39 is 9.84 Å². The zero-order valence-corrected chi connectivity index (χ0v) is 13.5. The fourth-order valence-electron chi connectivity index (χ4n) is 2.10. The van der Waals surface area contributed by atoms with Crippen LogP contribution in [0, 0.1) is 6.92 Å². The second-order valence-electron chi connectivity index (χ2n) is 5.08. The highest BCUT2D eigenvalue weighted by Gasteiger charge is 2.11. The van der Waals surface area contributed by atoms with Crippen molar-refractivity contribution in [3.05, 3.63) is 59.7 Å². The minimum atomic E-state index is -3.21. The van der Waals surface area contributed by atoms with E-state index in [9.17, 15) is 13.2 Å². The molecule has 4 nitrogen and oxygen atoms in total. The van der Waals surface area contributed by atoms with E-state index in [-0.39, 0.29) is 16.6 Å². The standard InChI is InChI=1S/C17H19NO3S/c1-3-22(20,21)16-10-8-15(9-11-16)18-17(19)12-14-7-5-4-6-13(14)2/h4-11H,3,12H2,1-2H3,(H,18,19). The van der Waals surface area contributed by atoms with Gasteiger partial charge < -0.3 is 5.32 Å². The third kappa shape index (κ3) is 3.95. The molecule has 2 rings (SSSR count). The van der Waals surface area contributed by atoms with Crippen LogP contribution in [-0.4, -0.2) is 20.1 Å². The van der Waals surface area contributed by atoms with Gasteiger partial charge in [0.1, 0.15) is 0 Å². The Labute approximate surface area is 131 Å². The molecule has 0 saturated heterocycles. The van der Waals surface area contributed by atoms with Crippen molar-refractivity contribution in [3.63, 3.8) is 0 Å². The fourth-order valence-corrected chi connectivity index (χ4v) is 2.98. The summed E-state index contributed by atoms with van der Waals surface area (Å²) in [4.78, 5) is 12.3. The Morgan fingerprint density at radius 1 is 1.05 bits per heavy atom. The van der Waals surface area contributed by atoms with Crippen molar-refractivity contribution >= 4 is 21.4 Å². The third-order valence-corrected chi connectivity index (χ3v) is 5.24. The summed E-state index contributed by atoms with van der Waals surface area (Å²) in [5, 5.41) is 2.78. The Hall–Kier alpha value is -2.14. The molecule has 116 valence electrons.